The van der Waals surface area contributed by atoms with E-state index in [1.54, 1.807) is 14.0 Å². The van der Waals surface area contributed by atoms with E-state index >= 15 is 0 Å². The molecule has 0 radical (unpaired) electrons. The number of amides is 2. The van der Waals surface area contributed by atoms with Gasteiger partial charge in [-0.1, -0.05) is 0 Å². The van der Waals surface area contributed by atoms with Crippen molar-refractivity contribution in [3.8, 4) is 0 Å². The van der Waals surface area contributed by atoms with E-state index in [-0.39, 0.29) is 11.3 Å². The Kier molecular flexibility index (Phi) is 4.88. The molecule has 0 saturated heterocycles. The monoisotopic (exact) mass is 332 g/mol. The molecule has 104 valence electrons. The molecule has 2 amide bonds. The molecule has 1 aromatic rings. The highest BCUT2D eigenvalue weighted by Crippen LogP contribution is 2.31. The fourth-order valence-corrected chi connectivity index (χ4v) is 2.10. The van der Waals surface area contributed by atoms with Crippen LogP contribution < -0.4 is 5.32 Å². The quantitative estimate of drug-likeness (QED) is 0.893. The first kappa shape index (κ1) is 15.4. The second kappa shape index (κ2) is 6.01. The van der Waals surface area contributed by atoms with Gasteiger partial charge in [0.25, 0.3) is 0 Å². The number of anilines is 1. The van der Waals surface area contributed by atoms with Gasteiger partial charge in [0.15, 0.2) is 0 Å². The molecule has 0 bridgehead atoms. The average molecular weight is 333 g/mol. The number of rotatable bonds is 3. The molecule has 0 atom stereocenters. The van der Waals surface area contributed by atoms with Crippen molar-refractivity contribution in [3.63, 3.8) is 0 Å². The third kappa shape index (κ3) is 3.23. The van der Waals surface area contributed by atoms with Crippen molar-refractivity contribution >= 4 is 33.6 Å². The first-order chi connectivity index (χ1) is 8.79. The fraction of sp³-hybridized carbons (Fsp3) is 0.333. The van der Waals surface area contributed by atoms with E-state index in [1.165, 1.54) is 11.8 Å². The molecule has 0 aliphatic carbocycles. The Labute approximate surface area is 118 Å². The van der Waals surface area contributed by atoms with E-state index < -0.39 is 23.4 Å². The van der Waals surface area contributed by atoms with E-state index in [0.29, 0.717) is 11.0 Å². The summed E-state index contributed by atoms with van der Waals surface area (Å²) in [6.45, 7) is 3.74. The molecule has 0 aliphatic rings. The zero-order valence-corrected chi connectivity index (χ0v) is 12.3. The Hall–Kier alpha value is -1.63. The number of urea groups is 1. The van der Waals surface area contributed by atoms with E-state index in [1.807, 2.05) is 0 Å². The summed E-state index contributed by atoms with van der Waals surface area (Å²) < 4.78 is 13.9. The van der Waals surface area contributed by atoms with Crippen molar-refractivity contribution in [1.29, 1.82) is 0 Å². The van der Waals surface area contributed by atoms with Gasteiger partial charge in [-0.2, -0.15) is 0 Å². The minimum Gasteiger partial charge on any atom is -0.478 e. The summed E-state index contributed by atoms with van der Waals surface area (Å²) in [5.41, 5.74) is -0.0287. The highest BCUT2D eigenvalue weighted by Gasteiger charge is 2.21. The van der Waals surface area contributed by atoms with E-state index in [0.717, 1.165) is 6.07 Å². The number of nitrogens with zero attached hydrogens (tertiary/aromatic N) is 1. The average Bonchev–Trinajstić information content (AvgIpc) is 2.32. The normalized spacial score (nSPS) is 10.2. The van der Waals surface area contributed by atoms with E-state index in [9.17, 15) is 14.0 Å². The molecule has 7 heteroatoms. The van der Waals surface area contributed by atoms with Crippen LogP contribution in [0.2, 0.25) is 0 Å². The lowest BCUT2D eigenvalue weighted by Gasteiger charge is -2.18. The number of carboxylic acid groups (broad SMARTS) is 1. The first-order valence-corrected chi connectivity index (χ1v) is 6.32. The largest absolute Gasteiger partial charge is 0.478 e. The SMILES string of the molecule is CCN(C)C(=O)Nc1c(Br)cc(F)c(C(=O)O)c1C. The number of carbonyl (C=O) groups excluding carboxylic acids is 1. The maximum Gasteiger partial charge on any atom is 0.339 e. The number of hydrogen-bond acceptors (Lipinski definition) is 2. The molecule has 0 unspecified atom stereocenters. The molecule has 1 aromatic carbocycles. The first-order valence-electron chi connectivity index (χ1n) is 5.53. The lowest BCUT2D eigenvalue weighted by Crippen LogP contribution is -2.31. The Balaban J connectivity index is 3.25. The van der Waals surface area contributed by atoms with Gasteiger partial charge >= 0.3 is 12.0 Å². The number of hydrogen-bond donors (Lipinski definition) is 2. The predicted molar refractivity (Wildman–Crippen MR) is 73.1 cm³/mol. The highest BCUT2D eigenvalue weighted by molar-refractivity contribution is 9.10. The Bertz CT molecular complexity index is 534. The van der Waals surface area contributed by atoms with E-state index in [2.05, 4.69) is 21.2 Å². The molecule has 5 nitrogen and oxygen atoms in total. The van der Waals surface area contributed by atoms with Crippen LogP contribution in [0.25, 0.3) is 0 Å². The second-order valence-corrected chi connectivity index (χ2v) is 4.82. The maximum absolute atomic E-state index is 13.6. The van der Waals surface area contributed by atoms with Gasteiger partial charge in [-0.3, -0.25) is 0 Å². The van der Waals surface area contributed by atoms with Crippen LogP contribution in [0.3, 0.4) is 0 Å². The molecule has 0 spiro atoms. The highest BCUT2D eigenvalue weighted by atomic mass is 79.9. The number of aromatic carboxylic acids is 1. The number of carboxylic acids is 1. The van der Waals surface area contributed by atoms with Crippen LogP contribution in [-0.2, 0) is 0 Å². The van der Waals surface area contributed by atoms with Crippen LogP contribution in [0.15, 0.2) is 10.5 Å². The molecule has 0 aliphatic heterocycles. The van der Waals surface area contributed by atoms with Gasteiger partial charge in [0.05, 0.1) is 5.69 Å². The number of carbonyl (C=O) groups is 2. The van der Waals surface area contributed by atoms with Crippen molar-refractivity contribution in [1.82, 2.24) is 4.90 Å². The minimum atomic E-state index is -1.37. The summed E-state index contributed by atoms with van der Waals surface area (Å²) in [5, 5.41) is 11.5. The van der Waals surface area contributed by atoms with Gasteiger partial charge in [-0.05, 0) is 41.4 Å². The lowest BCUT2D eigenvalue weighted by atomic mass is 10.1. The van der Waals surface area contributed by atoms with Crippen LogP contribution in [0.5, 0.6) is 0 Å². The Morgan fingerprint density at radius 2 is 2.11 bits per heavy atom. The molecule has 0 saturated carbocycles. The predicted octanol–water partition coefficient (Wildman–Crippen LogP) is 3.08. The molecule has 19 heavy (non-hydrogen) atoms. The summed E-state index contributed by atoms with van der Waals surface area (Å²) in [4.78, 5) is 24.2. The second-order valence-electron chi connectivity index (χ2n) is 3.96. The molecule has 1 rings (SSSR count). The smallest absolute Gasteiger partial charge is 0.339 e. The van der Waals surface area contributed by atoms with Gasteiger partial charge < -0.3 is 15.3 Å². The van der Waals surface area contributed by atoms with Gasteiger partial charge in [0, 0.05) is 18.1 Å². The van der Waals surface area contributed by atoms with Gasteiger partial charge in [-0.15, -0.1) is 0 Å². The van der Waals surface area contributed by atoms with Crippen molar-refractivity contribution < 1.29 is 19.1 Å². The molecule has 2 N–H and O–H groups in total. The Morgan fingerprint density at radius 3 is 2.58 bits per heavy atom. The molecule has 0 aromatic heterocycles. The van der Waals surface area contributed by atoms with Gasteiger partial charge in [0.1, 0.15) is 11.4 Å². The molecule has 0 heterocycles. The topological polar surface area (TPSA) is 69.6 Å². The number of nitrogens with one attached hydrogen (secondary N) is 1. The van der Waals surface area contributed by atoms with Crippen LogP contribution in [0, 0.1) is 12.7 Å². The van der Waals surface area contributed by atoms with Crippen LogP contribution >= 0.6 is 15.9 Å². The molecule has 0 fully saturated rings. The third-order valence-electron chi connectivity index (χ3n) is 2.75. The lowest BCUT2D eigenvalue weighted by molar-refractivity contribution is 0.0691. The molecular formula is C12H14BrFN2O3. The van der Waals surface area contributed by atoms with Crippen LogP contribution in [0.4, 0.5) is 14.9 Å². The van der Waals surface area contributed by atoms with Crippen molar-refractivity contribution in [2.45, 2.75) is 13.8 Å². The molecular weight excluding hydrogens is 319 g/mol. The van der Waals surface area contributed by atoms with E-state index in [4.69, 9.17) is 5.11 Å². The number of halogens is 2. The van der Waals surface area contributed by atoms with Crippen molar-refractivity contribution in [3.05, 3.63) is 27.5 Å². The summed E-state index contributed by atoms with van der Waals surface area (Å²) in [7, 11) is 1.60. The van der Waals surface area contributed by atoms with Crippen LogP contribution in [0.1, 0.15) is 22.8 Å². The summed E-state index contributed by atoms with van der Waals surface area (Å²) in [6.07, 6.45) is 0. The zero-order chi connectivity index (χ0) is 14.7. The summed E-state index contributed by atoms with van der Waals surface area (Å²) in [5.74, 6) is -2.22. The van der Waals surface area contributed by atoms with Gasteiger partial charge in [0.2, 0.25) is 0 Å². The van der Waals surface area contributed by atoms with Crippen molar-refractivity contribution in [2.75, 3.05) is 18.9 Å². The standard InChI is InChI=1S/C12H14BrFN2O3/c1-4-16(3)12(19)15-10-6(2)9(11(17)18)8(14)5-7(10)13/h5H,4H2,1-3H3,(H,15,19)(H,17,18). The summed E-state index contributed by atoms with van der Waals surface area (Å²) in [6, 6.07) is 0.632. The zero-order valence-electron chi connectivity index (χ0n) is 10.8. The van der Waals surface area contributed by atoms with Gasteiger partial charge in [-0.25, -0.2) is 14.0 Å². The number of benzene rings is 1. The fourth-order valence-electron chi connectivity index (χ4n) is 1.50. The Morgan fingerprint density at radius 1 is 1.53 bits per heavy atom. The van der Waals surface area contributed by atoms with Crippen LogP contribution in [-0.4, -0.2) is 35.6 Å². The van der Waals surface area contributed by atoms with Crippen molar-refractivity contribution in [2.24, 2.45) is 0 Å². The maximum atomic E-state index is 13.6. The third-order valence-corrected chi connectivity index (χ3v) is 3.37. The summed E-state index contributed by atoms with van der Waals surface area (Å²) >= 11 is 3.11. The minimum absolute atomic E-state index is 0.164.